The first-order chi connectivity index (χ1) is 13.8. The Bertz CT molecular complexity index is 961. The number of rotatable bonds is 7. The molecule has 1 aliphatic rings. The Labute approximate surface area is 174 Å². The first-order valence-electron chi connectivity index (χ1n) is 9.28. The van der Waals surface area contributed by atoms with E-state index in [-0.39, 0.29) is 28.5 Å². The Morgan fingerprint density at radius 1 is 1.17 bits per heavy atom. The highest BCUT2D eigenvalue weighted by atomic mass is 35.5. The van der Waals surface area contributed by atoms with E-state index in [4.69, 9.17) is 16.3 Å². The molecule has 1 amide bonds. The third kappa shape index (κ3) is 5.99. The maximum atomic E-state index is 13.2. The van der Waals surface area contributed by atoms with Gasteiger partial charge in [0.2, 0.25) is 10.0 Å². The van der Waals surface area contributed by atoms with Crippen molar-refractivity contribution in [3.63, 3.8) is 0 Å². The number of sulfonamides is 1. The summed E-state index contributed by atoms with van der Waals surface area (Å²) in [4.78, 5) is 12.1. The zero-order valence-corrected chi connectivity index (χ0v) is 17.2. The van der Waals surface area contributed by atoms with Crippen LogP contribution in [0.25, 0.3) is 0 Å². The highest BCUT2D eigenvalue weighted by Gasteiger charge is 2.17. The summed E-state index contributed by atoms with van der Waals surface area (Å²) in [6.07, 6.45) is 3.17. The first kappa shape index (κ1) is 21.7. The molecule has 6 nitrogen and oxygen atoms in total. The van der Waals surface area contributed by atoms with E-state index < -0.39 is 15.8 Å². The van der Waals surface area contributed by atoms with Gasteiger partial charge in [-0.25, -0.2) is 17.5 Å². The fraction of sp³-hybridized carbons (Fsp3) is 0.350. The van der Waals surface area contributed by atoms with E-state index in [1.807, 2.05) is 0 Å². The number of amides is 1. The second-order valence-electron chi connectivity index (χ2n) is 6.80. The lowest BCUT2D eigenvalue weighted by Crippen LogP contribution is -2.35. The predicted octanol–water partition coefficient (Wildman–Crippen LogP) is 3.26. The molecule has 0 spiro atoms. The summed E-state index contributed by atoms with van der Waals surface area (Å²) in [5.74, 6) is -0.887. The van der Waals surface area contributed by atoms with Gasteiger partial charge in [-0.3, -0.25) is 4.79 Å². The summed E-state index contributed by atoms with van der Waals surface area (Å²) < 4.78 is 45.9. The number of nitrogens with one attached hydrogen (secondary N) is 2. The van der Waals surface area contributed by atoms with Gasteiger partial charge in [0.05, 0.1) is 16.0 Å². The van der Waals surface area contributed by atoms with Crippen molar-refractivity contribution in [1.82, 2.24) is 10.0 Å². The van der Waals surface area contributed by atoms with Crippen LogP contribution in [0.15, 0.2) is 47.4 Å². The molecule has 3 rings (SSSR count). The average Bonchev–Trinajstić information content (AvgIpc) is 2.73. The van der Waals surface area contributed by atoms with Crippen molar-refractivity contribution in [2.75, 3.05) is 13.2 Å². The van der Waals surface area contributed by atoms with Crippen molar-refractivity contribution in [3.8, 4) is 0 Å². The van der Waals surface area contributed by atoms with E-state index in [2.05, 4.69) is 10.0 Å². The van der Waals surface area contributed by atoms with Crippen LogP contribution in [-0.2, 0) is 21.3 Å². The zero-order valence-electron chi connectivity index (χ0n) is 15.7. The molecule has 2 N–H and O–H groups in total. The lowest BCUT2D eigenvalue weighted by atomic mass is 10.1. The zero-order chi connectivity index (χ0) is 20.9. The number of carbonyl (C=O) groups excluding carboxylic acids is 1. The lowest BCUT2D eigenvalue weighted by Gasteiger charge is -2.22. The summed E-state index contributed by atoms with van der Waals surface area (Å²) in [6.45, 7) is 1.23. The van der Waals surface area contributed by atoms with Crippen molar-refractivity contribution >= 4 is 27.5 Å². The Morgan fingerprint density at radius 3 is 2.59 bits per heavy atom. The van der Waals surface area contributed by atoms with Crippen molar-refractivity contribution in [1.29, 1.82) is 0 Å². The van der Waals surface area contributed by atoms with Gasteiger partial charge in [0.15, 0.2) is 0 Å². The smallest absolute Gasteiger partial charge is 0.251 e. The van der Waals surface area contributed by atoms with Crippen LogP contribution >= 0.6 is 11.6 Å². The van der Waals surface area contributed by atoms with Gasteiger partial charge in [-0.1, -0.05) is 23.7 Å². The minimum atomic E-state index is -3.84. The van der Waals surface area contributed by atoms with Gasteiger partial charge in [-0.15, -0.1) is 0 Å². The largest absolute Gasteiger partial charge is 0.376 e. The van der Waals surface area contributed by atoms with E-state index >= 15 is 0 Å². The van der Waals surface area contributed by atoms with Crippen LogP contribution in [0.4, 0.5) is 4.39 Å². The summed E-state index contributed by atoms with van der Waals surface area (Å²) >= 11 is 5.65. The normalized spacial score (nSPS) is 17.1. The summed E-state index contributed by atoms with van der Waals surface area (Å²) in [6, 6.07) is 9.82. The SMILES string of the molecule is O=C(NCC1CCCCO1)c1ccc(CNS(=O)(=O)c2ccc(F)c(Cl)c2)cc1. The van der Waals surface area contributed by atoms with Crippen molar-refractivity contribution in [2.45, 2.75) is 36.8 Å². The number of carbonyl (C=O) groups is 1. The number of benzene rings is 2. The Morgan fingerprint density at radius 2 is 1.93 bits per heavy atom. The topological polar surface area (TPSA) is 84.5 Å². The predicted molar refractivity (Wildman–Crippen MR) is 108 cm³/mol. The van der Waals surface area contributed by atoms with Crippen LogP contribution in [0.5, 0.6) is 0 Å². The highest BCUT2D eigenvalue weighted by Crippen LogP contribution is 2.19. The number of halogens is 2. The van der Waals surface area contributed by atoms with Crippen molar-refractivity contribution in [3.05, 3.63) is 64.4 Å². The minimum absolute atomic E-state index is 0.0230. The van der Waals surface area contributed by atoms with Gasteiger partial charge in [0.1, 0.15) is 5.82 Å². The molecule has 1 saturated heterocycles. The van der Waals surface area contributed by atoms with Gasteiger partial charge in [-0.2, -0.15) is 0 Å². The fourth-order valence-electron chi connectivity index (χ4n) is 2.96. The molecular formula is C20H22ClFN2O4S. The molecule has 0 aromatic heterocycles. The van der Waals surface area contributed by atoms with Crippen LogP contribution in [0.3, 0.4) is 0 Å². The van der Waals surface area contributed by atoms with E-state index in [1.165, 1.54) is 0 Å². The molecule has 0 bridgehead atoms. The molecule has 156 valence electrons. The standard InChI is InChI=1S/C20H22ClFN2O4S/c21-18-11-17(8-9-19(18)22)29(26,27)24-12-14-4-6-15(7-5-14)20(25)23-13-16-3-1-2-10-28-16/h4-9,11,16,24H,1-3,10,12-13H2,(H,23,25). The number of ether oxygens (including phenoxy) is 1. The Kier molecular flexibility index (Phi) is 7.23. The second-order valence-corrected chi connectivity index (χ2v) is 8.97. The second kappa shape index (κ2) is 9.67. The molecular weight excluding hydrogens is 419 g/mol. The number of hydrogen-bond donors (Lipinski definition) is 2. The highest BCUT2D eigenvalue weighted by molar-refractivity contribution is 7.89. The Hall–Kier alpha value is -2.00. The Balaban J connectivity index is 1.54. The van der Waals surface area contributed by atoms with E-state index in [1.54, 1.807) is 24.3 Å². The molecule has 1 heterocycles. The van der Waals surface area contributed by atoms with Crippen molar-refractivity contribution in [2.24, 2.45) is 0 Å². The van der Waals surface area contributed by atoms with Crippen LogP contribution in [0.2, 0.25) is 5.02 Å². The van der Waals surface area contributed by atoms with Crippen LogP contribution < -0.4 is 10.0 Å². The maximum absolute atomic E-state index is 13.2. The molecule has 1 unspecified atom stereocenters. The van der Waals surface area contributed by atoms with Crippen molar-refractivity contribution < 1.29 is 22.3 Å². The fourth-order valence-corrected chi connectivity index (χ4v) is 4.25. The van der Waals surface area contributed by atoms with Gasteiger partial charge < -0.3 is 10.1 Å². The molecule has 2 aromatic rings. The third-order valence-corrected chi connectivity index (χ3v) is 6.34. The van der Waals surface area contributed by atoms with Gasteiger partial charge in [0.25, 0.3) is 5.91 Å². The molecule has 0 radical (unpaired) electrons. The monoisotopic (exact) mass is 440 g/mol. The van der Waals surface area contributed by atoms with Crippen LogP contribution in [-0.4, -0.2) is 33.6 Å². The van der Waals surface area contributed by atoms with Gasteiger partial charge in [-0.05, 0) is 55.2 Å². The first-order valence-corrected chi connectivity index (χ1v) is 11.1. The number of hydrogen-bond acceptors (Lipinski definition) is 4. The molecule has 1 atom stereocenters. The average molecular weight is 441 g/mol. The van der Waals surface area contributed by atoms with Gasteiger partial charge >= 0.3 is 0 Å². The summed E-state index contributed by atoms with van der Waals surface area (Å²) in [7, 11) is -3.84. The van der Waals surface area contributed by atoms with Gasteiger partial charge in [0, 0.05) is 25.3 Å². The summed E-state index contributed by atoms with van der Waals surface area (Å²) in [5.41, 5.74) is 1.16. The molecule has 29 heavy (non-hydrogen) atoms. The lowest BCUT2D eigenvalue weighted by molar-refractivity contribution is 0.0169. The van der Waals surface area contributed by atoms with E-state index in [9.17, 15) is 17.6 Å². The minimum Gasteiger partial charge on any atom is -0.376 e. The molecule has 1 aliphatic heterocycles. The molecule has 0 saturated carbocycles. The molecule has 0 aliphatic carbocycles. The molecule has 1 fully saturated rings. The van der Waals surface area contributed by atoms with Crippen LogP contribution in [0, 0.1) is 5.82 Å². The molecule has 2 aromatic carbocycles. The quantitative estimate of drug-likeness (QED) is 0.692. The van der Waals surface area contributed by atoms with E-state index in [0.29, 0.717) is 17.7 Å². The summed E-state index contributed by atoms with van der Waals surface area (Å²) in [5, 5.41) is 2.59. The van der Waals surface area contributed by atoms with E-state index in [0.717, 1.165) is 44.1 Å². The third-order valence-electron chi connectivity index (χ3n) is 4.65. The molecule has 9 heteroatoms. The van der Waals surface area contributed by atoms with Crippen LogP contribution in [0.1, 0.15) is 35.2 Å². The maximum Gasteiger partial charge on any atom is 0.251 e.